The lowest BCUT2D eigenvalue weighted by Gasteiger charge is -2.25. The first-order chi connectivity index (χ1) is 9.96. The molecular formula is C15H23NO5. The molecule has 0 aromatic heterocycles. The summed E-state index contributed by atoms with van der Waals surface area (Å²) in [5, 5.41) is 21.3. The number of aliphatic carboxylic acids is 1. The Morgan fingerprint density at radius 3 is 2.62 bits per heavy atom. The number of aliphatic hydroxyl groups is 1. The third-order valence-electron chi connectivity index (χ3n) is 3.31. The molecule has 1 unspecified atom stereocenters. The summed E-state index contributed by atoms with van der Waals surface area (Å²) in [6, 6.07) is 5.13. The van der Waals surface area contributed by atoms with Gasteiger partial charge in [0, 0.05) is 6.42 Å². The van der Waals surface area contributed by atoms with Crippen LogP contribution in [0, 0.1) is 0 Å². The monoisotopic (exact) mass is 297 g/mol. The summed E-state index contributed by atoms with van der Waals surface area (Å²) in [7, 11) is 1.52. The number of carbonyl (C=O) groups is 1. The van der Waals surface area contributed by atoms with Crippen molar-refractivity contribution in [2.75, 3.05) is 20.3 Å². The van der Waals surface area contributed by atoms with Gasteiger partial charge in [-0.15, -0.1) is 0 Å². The van der Waals surface area contributed by atoms with E-state index in [1.807, 2.05) is 6.92 Å². The van der Waals surface area contributed by atoms with E-state index in [9.17, 15) is 9.90 Å². The number of rotatable bonds is 9. The minimum absolute atomic E-state index is 0.0753. The molecule has 0 heterocycles. The second-order valence-corrected chi connectivity index (χ2v) is 4.91. The first kappa shape index (κ1) is 17.3. The Hall–Kier alpha value is -1.79. The Morgan fingerprint density at radius 1 is 1.38 bits per heavy atom. The van der Waals surface area contributed by atoms with Gasteiger partial charge in [-0.1, -0.05) is 13.0 Å². The molecule has 0 amide bonds. The molecule has 118 valence electrons. The van der Waals surface area contributed by atoms with Gasteiger partial charge in [0.05, 0.1) is 20.3 Å². The van der Waals surface area contributed by atoms with Crippen molar-refractivity contribution in [2.45, 2.75) is 32.4 Å². The fourth-order valence-electron chi connectivity index (χ4n) is 1.96. The molecule has 0 saturated carbocycles. The van der Waals surface area contributed by atoms with E-state index in [0.717, 1.165) is 5.56 Å². The number of aliphatic hydroxyl groups excluding tert-OH is 1. The molecule has 6 heteroatoms. The van der Waals surface area contributed by atoms with Crippen molar-refractivity contribution in [1.82, 2.24) is 5.32 Å². The highest BCUT2D eigenvalue weighted by atomic mass is 16.5. The predicted molar refractivity (Wildman–Crippen MR) is 78.7 cm³/mol. The lowest BCUT2D eigenvalue weighted by Crippen LogP contribution is -2.50. The van der Waals surface area contributed by atoms with Crippen LogP contribution in [0.2, 0.25) is 0 Å². The second kappa shape index (κ2) is 7.85. The Labute approximate surface area is 124 Å². The predicted octanol–water partition coefficient (Wildman–Crippen LogP) is 1.41. The highest BCUT2D eigenvalue weighted by Crippen LogP contribution is 2.28. The number of methoxy groups -OCH3 is 1. The van der Waals surface area contributed by atoms with Gasteiger partial charge in [0.25, 0.3) is 0 Å². The van der Waals surface area contributed by atoms with Gasteiger partial charge in [-0.3, -0.25) is 4.79 Å². The number of nitrogens with one attached hydrogen (secondary N) is 1. The van der Waals surface area contributed by atoms with Crippen molar-refractivity contribution in [3.63, 3.8) is 0 Å². The van der Waals surface area contributed by atoms with Crippen LogP contribution in [0.1, 0.15) is 25.8 Å². The lowest BCUT2D eigenvalue weighted by atomic mass is 9.98. The summed E-state index contributed by atoms with van der Waals surface area (Å²) in [6.07, 6.45) is 0.321. The smallest absolute Gasteiger partial charge is 0.323 e. The topological polar surface area (TPSA) is 88.0 Å². The van der Waals surface area contributed by atoms with Crippen molar-refractivity contribution in [3.05, 3.63) is 23.8 Å². The van der Waals surface area contributed by atoms with Gasteiger partial charge < -0.3 is 25.0 Å². The third kappa shape index (κ3) is 4.61. The van der Waals surface area contributed by atoms with Crippen molar-refractivity contribution in [1.29, 1.82) is 0 Å². The lowest BCUT2D eigenvalue weighted by molar-refractivity contribution is -0.144. The number of ether oxygens (including phenoxy) is 2. The van der Waals surface area contributed by atoms with Crippen LogP contribution in [0.5, 0.6) is 11.5 Å². The molecule has 0 saturated heterocycles. The van der Waals surface area contributed by atoms with E-state index in [2.05, 4.69) is 5.32 Å². The number of likely N-dealkylation sites (N-methyl/N-ethyl adjacent to an activating group) is 1. The van der Waals surface area contributed by atoms with Gasteiger partial charge in [-0.2, -0.15) is 0 Å². The Morgan fingerprint density at radius 2 is 2.10 bits per heavy atom. The highest BCUT2D eigenvalue weighted by molar-refractivity contribution is 5.78. The Bertz CT molecular complexity index is 477. The quantitative estimate of drug-likeness (QED) is 0.639. The van der Waals surface area contributed by atoms with Crippen molar-refractivity contribution < 1.29 is 24.5 Å². The molecule has 1 aromatic carbocycles. The minimum atomic E-state index is -1.02. The van der Waals surface area contributed by atoms with Gasteiger partial charge in [0.15, 0.2) is 11.5 Å². The van der Waals surface area contributed by atoms with Crippen molar-refractivity contribution in [2.24, 2.45) is 0 Å². The van der Waals surface area contributed by atoms with Crippen LogP contribution in [-0.2, 0) is 11.4 Å². The highest BCUT2D eigenvalue weighted by Gasteiger charge is 2.31. The van der Waals surface area contributed by atoms with Gasteiger partial charge in [0.1, 0.15) is 5.54 Å². The zero-order chi connectivity index (χ0) is 15.9. The average molecular weight is 297 g/mol. The van der Waals surface area contributed by atoms with Crippen LogP contribution in [0.4, 0.5) is 0 Å². The molecule has 0 fully saturated rings. The fraction of sp³-hybridized carbons (Fsp3) is 0.533. The summed E-state index contributed by atoms with van der Waals surface area (Å²) >= 11 is 0. The molecule has 1 atom stereocenters. The van der Waals surface area contributed by atoms with E-state index < -0.39 is 11.5 Å². The van der Waals surface area contributed by atoms with Crippen molar-refractivity contribution >= 4 is 5.97 Å². The summed E-state index contributed by atoms with van der Waals surface area (Å²) in [5.74, 6) is 0.136. The number of carboxylic acid groups (broad SMARTS) is 1. The maximum Gasteiger partial charge on any atom is 0.323 e. The maximum absolute atomic E-state index is 11.3. The van der Waals surface area contributed by atoms with E-state index in [1.165, 1.54) is 7.11 Å². The standard InChI is InChI=1S/C15H23NO5/c1-4-16-15(2,14(18)19)7-8-21-12-6-5-11(10-17)9-13(12)20-3/h5-6,9,16-17H,4,7-8,10H2,1-3H3,(H,18,19). The molecule has 0 aliphatic heterocycles. The van der Waals surface area contributed by atoms with Crippen LogP contribution in [0.15, 0.2) is 18.2 Å². The number of carboxylic acids is 1. The molecule has 0 aliphatic carbocycles. The molecule has 6 nitrogen and oxygen atoms in total. The van der Waals surface area contributed by atoms with Gasteiger partial charge >= 0.3 is 5.97 Å². The molecule has 1 aromatic rings. The maximum atomic E-state index is 11.3. The fourth-order valence-corrected chi connectivity index (χ4v) is 1.96. The van der Waals surface area contributed by atoms with Crippen LogP contribution in [0.3, 0.4) is 0 Å². The zero-order valence-electron chi connectivity index (χ0n) is 12.7. The summed E-state index contributed by atoms with van der Waals surface area (Å²) in [6.45, 7) is 4.23. The Kier molecular flexibility index (Phi) is 6.45. The molecular weight excluding hydrogens is 274 g/mol. The normalized spacial score (nSPS) is 13.5. The summed E-state index contributed by atoms with van der Waals surface area (Å²) in [5.41, 5.74) is -0.297. The number of hydrogen-bond donors (Lipinski definition) is 3. The second-order valence-electron chi connectivity index (χ2n) is 4.91. The van der Waals surface area contributed by atoms with Crippen LogP contribution >= 0.6 is 0 Å². The molecule has 3 N–H and O–H groups in total. The van der Waals surface area contributed by atoms with Crippen LogP contribution in [-0.4, -0.2) is 42.0 Å². The molecule has 21 heavy (non-hydrogen) atoms. The third-order valence-corrected chi connectivity index (χ3v) is 3.31. The van der Waals surface area contributed by atoms with Crippen LogP contribution in [0.25, 0.3) is 0 Å². The van der Waals surface area contributed by atoms with E-state index in [0.29, 0.717) is 24.5 Å². The van der Waals surface area contributed by atoms with Gasteiger partial charge in [-0.05, 0) is 31.2 Å². The van der Waals surface area contributed by atoms with E-state index in [4.69, 9.17) is 14.6 Å². The summed E-state index contributed by atoms with van der Waals surface area (Å²) in [4.78, 5) is 11.3. The molecule has 0 bridgehead atoms. The minimum Gasteiger partial charge on any atom is -0.493 e. The Balaban J connectivity index is 2.69. The van der Waals surface area contributed by atoms with E-state index in [-0.39, 0.29) is 13.2 Å². The number of hydrogen-bond acceptors (Lipinski definition) is 5. The van der Waals surface area contributed by atoms with Crippen LogP contribution < -0.4 is 14.8 Å². The zero-order valence-corrected chi connectivity index (χ0v) is 12.7. The largest absolute Gasteiger partial charge is 0.493 e. The molecule has 0 spiro atoms. The summed E-state index contributed by atoms with van der Waals surface area (Å²) < 4.78 is 10.8. The SMILES string of the molecule is CCNC(C)(CCOc1ccc(CO)cc1OC)C(=O)O. The van der Waals surface area contributed by atoms with E-state index in [1.54, 1.807) is 25.1 Å². The van der Waals surface area contributed by atoms with Gasteiger partial charge in [-0.25, -0.2) is 0 Å². The van der Waals surface area contributed by atoms with E-state index >= 15 is 0 Å². The van der Waals surface area contributed by atoms with Gasteiger partial charge in [0.2, 0.25) is 0 Å². The van der Waals surface area contributed by atoms with Crippen molar-refractivity contribution in [3.8, 4) is 11.5 Å². The average Bonchev–Trinajstić information content (AvgIpc) is 2.47. The first-order valence-corrected chi connectivity index (χ1v) is 6.85. The molecule has 1 rings (SSSR count). The number of benzene rings is 1. The first-order valence-electron chi connectivity index (χ1n) is 6.85. The molecule has 0 radical (unpaired) electrons. The molecule has 0 aliphatic rings.